The third-order valence-corrected chi connectivity index (χ3v) is 9.83. The fraction of sp³-hybridized carbons (Fsp3) is 0.465. The fourth-order valence-electron chi connectivity index (χ4n) is 6.67. The number of esters is 4. The van der Waals surface area contributed by atoms with Crippen LogP contribution in [0.4, 0.5) is 0 Å². The van der Waals surface area contributed by atoms with E-state index in [-0.39, 0.29) is 19.8 Å². The molecule has 0 bridgehead atoms. The second-order valence-corrected chi connectivity index (χ2v) is 16.5. The van der Waals surface area contributed by atoms with Crippen LogP contribution < -0.4 is 0 Å². The largest absolute Gasteiger partial charge is 0.463 e. The van der Waals surface area contributed by atoms with Gasteiger partial charge in [-0.15, -0.1) is 0 Å². The standard InChI is InChI=1S/C43H48Cl3NO15/c1-25(48)52-23-33-35(57-26(2)49)37(58-27(3)50)39(59-28(4)51)40(60-33)56-24-32-34(53-20-29-14-8-5-9-15-29)36(54-21-30-16-10-6-11-17-30)38(55-22-31-18-12-7-13-19-31)41(61-32)62-42(47)43(44,45)46/h5-19,32-41,47H,20-24H2,1-4H3/t32-,33-,34-,35-,36+,37+,38-,39-,40+,41-/m1/s1. The summed E-state index contributed by atoms with van der Waals surface area (Å²) in [5.41, 5.74) is 2.39. The maximum Gasteiger partial charge on any atom is 0.303 e. The zero-order valence-electron chi connectivity index (χ0n) is 34.2. The summed E-state index contributed by atoms with van der Waals surface area (Å²) in [7, 11) is 0. The van der Waals surface area contributed by atoms with Crippen LogP contribution in [0.5, 0.6) is 0 Å². The number of carbonyl (C=O) groups is 4. The Balaban J connectivity index is 1.56. The molecule has 2 fully saturated rings. The summed E-state index contributed by atoms with van der Waals surface area (Å²) in [4.78, 5) is 49.2. The average Bonchev–Trinajstić information content (AvgIpc) is 3.22. The summed E-state index contributed by atoms with van der Waals surface area (Å²) < 4.78 is 64.4. The van der Waals surface area contributed by atoms with Crippen molar-refractivity contribution < 1.29 is 71.3 Å². The van der Waals surface area contributed by atoms with E-state index in [1.807, 2.05) is 91.0 Å². The minimum Gasteiger partial charge on any atom is -0.463 e. The van der Waals surface area contributed by atoms with E-state index in [2.05, 4.69) is 0 Å². The van der Waals surface area contributed by atoms with Crippen LogP contribution in [0.1, 0.15) is 44.4 Å². The number of rotatable bonds is 18. The number of ether oxygens (including phenoxy) is 11. The lowest BCUT2D eigenvalue weighted by Crippen LogP contribution is -2.64. The summed E-state index contributed by atoms with van der Waals surface area (Å²) in [6.45, 7) is 3.70. The van der Waals surface area contributed by atoms with Gasteiger partial charge in [-0.3, -0.25) is 24.6 Å². The van der Waals surface area contributed by atoms with Crippen molar-refractivity contribution >= 4 is 64.6 Å². The number of benzene rings is 3. The summed E-state index contributed by atoms with van der Waals surface area (Å²) in [6.07, 6.45) is -13.3. The van der Waals surface area contributed by atoms with E-state index >= 15 is 0 Å². The Kier molecular flexibility index (Phi) is 18.3. The van der Waals surface area contributed by atoms with Crippen LogP contribution in [0.15, 0.2) is 91.0 Å². The van der Waals surface area contributed by atoms with Crippen LogP contribution in [-0.4, -0.2) is 108 Å². The van der Waals surface area contributed by atoms with Crippen molar-refractivity contribution in [2.75, 3.05) is 13.2 Å². The van der Waals surface area contributed by atoms with E-state index in [0.29, 0.717) is 0 Å². The number of carbonyl (C=O) groups excluding carboxylic acids is 4. The van der Waals surface area contributed by atoms with Crippen molar-refractivity contribution in [3.05, 3.63) is 108 Å². The quantitative estimate of drug-likeness (QED) is 0.0518. The highest BCUT2D eigenvalue weighted by Gasteiger charge is 2.55. The molecule has 0 amide bonds. The summed E-state index contributed by atoms with van der Waals surface area (Å²) in [6, 6.07) is 27.9. The molecule has 1 N–H and O–H groups in total. The van der Waals surface area contributed by atoms with Crippen molar-refractivity contribution in [2.24, 2.45) is 0 Å². The molecular weight excluding hydrogens is 877 g/mol. The Bertz CT molecular complexity index is 1920. The van der Waals surface area contributed by atoms with E-state index < -0.39 is 108 Å². The molecule has 62 heavy (non-hydrogen) atoms. The van der Waals surface area contributed by atoms with Gasteiger partial charge in [-0.2, -0.15) is 0 Å². The normalized spacial score (nSPS) is 26.1. The molecule has 2 heterocycles. The molecule has 0 spiro atoms. The lowest BCUT2D eigenvalue weighted by atomic mass is 9.97. The number of halogens is 3. The Labute approximate surface area is 373 Å². The molecule has 5 rings (SSSR count). The molecule has 19 heteroatoms. The van der Waals surface area contributed by atoms with Gasteiger partial charge in [0.05, 0.1) is 26.4 Å². The van der Waals surface area contributed by atoms with Gasteiger partial charge in [0, 0.05) is 27.7 Å². The summed E-state index contributed by atoms with van der Waals surface area (Å²) >= 11 is 18.3. The Morgan fingerprint density at radius 2 is 0.919 bits per heavy atom. The molecule has 2 saturated heterocycles. The summed E-state index contributed by atoms with van der Waals surface area (Å²) in [5.74, 6) is -3.92. The molecule has 2 aliphatic rings. The van der Waals surface area contributed by atoms with Gasteiger partial charge in [-0.1, -0.05) is 126 Å². The van der Waals surface area contributed by atoms with Crippen LogP contribution in [0.25, 0.3) is 0 Å². The lowest BCUT2D eigenvalue weighted by molar-refractivity contribution is -0.337. The Morgan fingerprint density at radius 3 is 1.39 bits per heavy atom. The van der Waals surface area contributed by atoms with Crippen LogP contribution in [0.3, 0.4) is 0 Å². The summed E-state index contributed by atoms with van der Waals surface area (Å²) in [5, 5.41) is 8.53. The fourth-order valence-corrected chi connectivity index (χ4v) is 6.80. The van der Waals surface area contributed by atoms with Gasteiger partial charge in [0.1, 0.15) is 37.1 Å². The monoisotopic (exact) mass is 923 g/mol. The Morgan fingerprint density at radius 1 is 0.500 bits per heavy atom. The van der Waals surface area contributed by atoms with Crippen molar-refractivity contribution in [3.8, 4) is 0 Å². The van der Waals surface area contributed by atoms with Gasteiger partial charge in [0.2, 0.25) is 12.2 Å². The van der Waals surface area contributed by atoms with Gasteiger partial charge in [0.25, 0.3) is 3.79 Å². The first-order valence-electron chi connectivity index (χ1n) is 19.5. The van der Waals surface area contributed by atoms with E-state index in [0.717, 1.165) is 44.4 Å². The first-order chi connectivity index (χ1) is 29.6. The van der Waals surface area contributed by atoms with E-state index in [9.17, 15) is 19.2 Å². The minimum atomic E-state index is -2.31. The van der Waals surface area contributed by atoms with Crippen LogP contribution >= 0.6 is 34.8 Å². The van der Waals surface area contributed by atoms with Crippen molar-refractivity contribution in [1.29, 1.82) is 5.41 Å². The first kappa shape index (κ1) is 48.7. The topological polar surface area (TPSA) is 194 Å². The molecule has 0 radical (unpaired) electrons. The van der Waals surface area contributed by atoms with E-state index in [4.69, 9.17) is 92.3 Å². The molecule has 2 aliphatic heterocycles. The second kappa shape index (κ2) is 23.4. The predicted molar refractivity (Wildman–Crippen MR) is 221 cm³/mol. The number of alkyl halides is 3. The highest BCUT2D eigenvalue weighted by Crippen LogP contribution is 2.36. The lowest BCUT2D eigenvalue weighted by Gasteiger charge is -2.47. The molecule has 0 saturated carbocycles. The van der Waals surface area contributed by atoms with E-state index in [1.165, 1.54) is 0 Å². The minimum absolute atomic E-state index is 0.0400. The molecule has 0 aliphatic carbocycles. The van der Waals surface area contributed by atoms with Crippen molar-refractivity contribution in [3.63, 3.8) is 0 Å². The molecule has 3 aromatic rings. The van der Waals surface area contributed by atoms with Gasteiger partial charge >= 0.3 is 23.9 Å². The number of hydrogen-bond donors (Lipinski definition) is 1. The molecule has 0 aromatic heterocycles. The highest BCUT2D eigenvalue weighted by atomic mass is 35.6. The molecule has 10 atom stereocenters. The van der Waals surface area contributed by atoms with Gasteiger partial charge in [-0.05, 0) is 16.7 Å². The van der Waals surface area contributed by atoms with Gasteiger partial charge in [0.15, 0.2) is 24.6 Å². The maximum absolute atomic E-state index is 12.6. The zero-order valence-corrected chi connectivity index (χ0v) is 36.5. The number of nitrogens with one attached hydrogen (secondary N) is 1. The van der Waals surface area contributed by atoms with Crippen molar-refractivity contribution in [2.45, 2.75) is 113 Å². The molecular formula is C43H48Cl3NO15. The van der Waals surface area contributed by atoms with Crippen LogP contribution in [-0.2, 0) is 91.1 Å². The van der Waals surface area contributed by atoms with Crippen molar-refractivity contribution in [1.82, 2.24) is 0 Å². The van der Waals surface area contributed by atoms with Gasteiger partial charge < -0.3 is 52.1 Å². The smallest absolute Gasteiger partial charge is 0.303 e. The maximum atomic E-state index is 12.6. The van der Waals surface area contributed by atoms with E-state index in [1.54, 1.807) is 0 Å². The zero-order chi connectivity index (χ0) is 44.8. The first-order valence-corrected chi connectivity index (χ1v) is 20.6. The molecule has 16 nitrogen and oxygen atoms in total. The molecule has 3 aromatic carbocycles. The SMILES string of the molecule is CC(=O)OC[C@H]1O[C@H](OC[C@H]2O[C@H](OC(=N)C(Cl)(Cl)Cl)[C@H](OCc3ccccc3)[C@@H](OCc3ccccc3)[C@@H]2OCc2ccccc2)[C@H](OC(C)=O)[C@@H](OC(C)=O)[C@@H]1OC(C)=O. The third kappa shape index (κ3) is 14.6. The highest BCUT2D eigenvalue weighted by molar-refractivity contribution is 6.76. The van der Waals surface area contributed by atoms with Crippen LogP contribution in [0, 0.1) is 5.41 Å². The average molecular weight is 925 g/mol. The third-order valence-electron chi connectivity index (χ3n) is 9.31. The van der Waals surface area contributed by atoms with Gasteiger partial charge in [-0.25, -0.2) is 0 Å². The second-order valence-electron chi connectivity index (χ2n) is 14.2. The molecule has 336 valence electrons. The predicted octanol–water partition coefficient (Wildman–Crippen LogP) is 5.93. The molecule has 0 unspecified atom stereocenters. The Hall–Kier alpha value is -4.36. The number of hydrogen-bond acceptors (Lipinski definition) is 16. The van der Waals surface area contributed by atoms with Crippen LogP contribution in [0.2, 0.25) is 0 Å².